The van der Waals surface area contributed by atoms with E-state index in [1.807, 2.05) is 6.92 Å². The summed E-state index contributed by atoms with van der Waals surface area (Å²) in [6, 6.07) is 4.97. The number of nitrogens with one attached hydrogen (secondary N) is 1. The van der Waals surface area contributed by atoms with E-state index in [0.29, 0.717) is 13.0 Å². The van der Waals surface area contributed by atoms with E-state index in [4.69, 9.17) is 9.84 Å². The molecule has 0 amide bonds. The first-order valence-electron chi connectivity index (χ1n) is 6.50. The second-order valence-corrected chi connectivity index (χ2v) is 4.81. The summed E-state index contributed by atoms with van der Waals surface area (Å²) in [5.41, 5.74) is 0.886. The molecule has 1 unspecified atom stereocenters. The highest BCUT2D eigenvalue weighted by atomic mass is 19.1. The van der Waals surface area contributed by atoms with Gasteiger partial charge in [0.15, 0.2) is 0 Å². The van der Waals surface area contributed by atoms with E-state index in [1.54, 1.807) is 12.1 Å². The van der Waals surface area contributed by atoms with Crippen LogP contribution in [-0.2, 0) is 0 Å². The molecule has 0 aromatic heterocycles. The maximum atomic E-state index is 13.4. The Morgan fingerprint density at radius 1 is 1.56 bits per heavy atom. The maximum absolute atomic E-state index is 13.4. The SMILES string of the molecule is C[C@H](CCO)NC1CCCOc2ccc(F)cc21. The minimum atomic E-state index is -0.235. The molecule has 18 heavy (non-hydrogen) atoms. The first kappa shape index (κ1) is 13.3. The van der Waals surface area contributed by atoms with Crippen LogP contribution in [-0.4, -0.2) is 24.4 Å². The topological polar surface area (TPSA) is 41.5 Å². The molecule has 0 radical (unpaired) electrons. The van der Waals surface area contributed by atoms with E-state index in [9.17, 15) is 4.39 Å². The van der Waals surface area contributed by atoms with Gasteiger partial charge in [-0.3, -0.25) is 0 Å². The Hall–Kier alpha value is -1.13. The molecule has 0 saturated carbocycles. The zero-order valence-electron chi connectivity index (χ0n) is 10.7. The number of ether oxygens (including phenoxy) is 1. The minimum absolute atomic E-state index is 0.0970. The van der Waals surface area contributed by atoms with Crippen LogP contribution in [0.1, 0.15) is 37.8 Å². The molecule has 1 aromatic rings. The van der Waals surface area contributed by atoms with E-state index < -0.39 is 0 Å². The van der Waals surface area contributed by atoms with Gasteiger partial charge in [0.25, 0.3) is 0 Å². The lowest BCUT2D eigenvalue weighted by molar-refractivity contribution is 0.261. The van der Waals surface area contributed by atoms with Crippen molar-refractivity contribution in [2.24, 2.45) is 0 Å². The van der Waals surface area contributed by atoms with Crippen LogP contribution in [0.2, 0.25) is 0 Å². The second kappa shape index (κ2) is 6.16. The van der Waals surface area contributed by atoms with Gasteiger partial charge in [0, 0.05) is 24.3 Å². The molecule has 0 bridgehead atoms. The first-order chi connectivity index (χ1) is 8.70. The summed E-state index contributed by atoms with van der Waals surface area (Å²) in [4.78, 5) is 0. The van der Waals surface area contributed by atoms with Crippen LogP contribution in [0.4, 0.5) is 4.39 Å². The predicted octanol–water partition coefficient (Wildman–Crippen LogP) is 2.40. The van der Waals surface area contributed by atoms with E-state index in [1.165, 1.54) is 6.07 Å². The summed E-state index contributed by atoms with van der Waals surface area (Å²) in [7, 11) is 0. The van der Waals surface area contributed by atoms with Gasteiger partial charge in [-0.15, -0.1) is 0 Å². The molecule has 2 atom stereocenters. The van der Waals surface area contributed by atoms with E-state index in [2.05, 4.69) is 5.32 Å². The fourth-order valence-corrected chi connectivity index (χ4v) is 2.34. The lowest BCUT2D eigenvalue weighted by Crippen LogP contribution is -2.31. The number of halogens is 1. The van der Waals surface area contributed by atoms with E-state index >= 15 is 0 Å². The molecule has 3 nitrogen and oxygen atoms in total. The van der Waals surface area contributed by atoms with Crippen molar-refractivity contribution in [1.29, 1.82) is 0 Å². The van der Waals surface area contributed by atoms with Crippen molar-refractivity contribution in [2.75, 3.05) is 13.2 Å². The molecule has 1 aromatic carbocycles. The number of aliphatic hydroxyl groups is 1. The van der Waals surface area contributed by atoms with Crippen molar-refractivity contribution in [3.8, 4) is 5.75 Å². The second-order valence-electron chi connectivity index (χ2n) is 4.81. The quantitative estimate of drug-likeness (QED) is 0.865. The van der Waals surface area contributed by atoms with Crippen LogP contribution >= 0.6 is 0 Å². The molecule has 1 heterocycles. The van der Waals surface area contributed by atoms with Crippen LogP contribution in [0, 0.1) is 5.82 Å². The standard InChI is InChI=1S/C14H20FNO2/c1-10(6-7-17)16-13-3-2-8-18-14-5-4-11(15)9-12(13)14/h4-5,9-10,13,16-17H,2-3,6-8H2,1H3/t10-,13?/m1/s1. The maximum Gasteiger partial charge on any atom is 0.124 e. The van der Waals surface area contributed by atoms with Crippen LogP contribution < -0.4 is 10.1 Å². The summed E-state index contributed by atoms with van der Waals surface area (Å²) in [5, 5.41) is 12.4. The monoisotopic (exact) mass is 253 g/mol. The lowest BCUT2D eigenvalue weighted by atomic mass is 10.0. The molecule has 0 aliphatic carbocycles. The van der Waals surface area contributed by atoms with Gasteiger partial charge in [-0.25, -0.2) is 4.39 Å². The molecule has 2 N–H and O–H groups in total. The molecule has 0 fully saturated rings. The predicted molar refractivity (Wildman–Crippen MR) is 68.2 cm³/mol. The van der Waals surface area contributed by atoms with Gasteiger partial charge >= 0.3 is 0 Å². The third kappa shape index (κ3) is 3.21. The van der Waals surface area contributed by atoms with Gasteiger partial charge in [0.05, 0.1) is 6.61 Å². The molecule has 4 heteroatoms. The zero-order chi connectivity index (χ0) is 13.0. The number of hydrogen-bond donors (Lipinski definition) is 2. The fourth-order valence-electron chi connectivity index (χ4n) is 2.34. The Bertz CT molecular complexity index is 397. The summed E-state index contributed by atoms with van der Waals surface area (Å²) >= 11 is 0. The molecule has 1 aliphatic rings. The van der Waals surface area contributed by atoms with Gasteiger partial charge < -0.3 is 15.2 Å². The summed E-state index contributed by atoms with van der Waals surface area (Å²) in [6.45, 7) is 2.86. The van der Waals surface area contributed by atoms with Crippen LogP contribution in [0.3, 0.4) is 0 Å². The molecule has 0 saturated heterocycles. The highest BCUT2D eigenvalue weighted by Gasteiger charge is 2.21. The van der Waals surface area contributed by atoms with Crippen molar-refractivity contribution < 1.29 is 14.2 Å². The van der Waals surface area contributed by atoms with Gasteiger partial charge in [-0.2, -0.15) is 0 Å². The van der Waals surface area contributed by atoms with Gasteiger partial charge in [-0.1, -0.05) is 0 Å². The van der Waals surface area contributed by atoms with Crippen LogP contribution in [0.25, 0.3) is 0 Å². The minimum Gasteiger partial charge on any atom is -0.493 e. The third-order valence-electron chi connectivity index (χ3n) is 3.29. The Kier molecular flexibility index (Phi) is 4.55. The number of benzene rings is 1. The lowest BCUT2D eigenvalue weighted by Gasteiger charge is -2.22. The number of fused-ring (bicyclic) bond motifs is 1. The summed E-state index contributed by atoms with van der Waals surface area (Å²) in [5.74, 6) is 0.531. The molecule has 0 spiro atoms. The first-order valence-corrected chi connectivity index (χ1v) is 6.50. The van der Waals surface area contributed by atoms with Crippen molar-refractivity contribution in [3.63, 3.8) is 0 Å². The Labute approximate surface area is 107 Å². The Morgan fingerprint density at radius 3 is 3.17 bits per heavy atom. The highest BCUT2D eigenvalue weighted by Crippen LogP contribution is 2.32. The number of aliphatic hydroxyl groups excluding tert-OH is 1. The van der Waals surface area contributed by atoms with Crippen molar-refractivity contribution in [2.45, 2.75) is 38.3 Å². The van der Waals surface area contributed by atoms with Crippen molar-refractivity contribution in [1.82, 2.24) is 5.32 Å². The van der Waals surface area contributed by atoms with Crippen LogP contribution in [0.5, 0.6) is 5.75 Å². The summed E-state index contributed by atoms with van der Waals surface area (Å²) < 4.78 is 19.0. The third-order valence-corrected chi connectivity index (χ3v) is 3.29. The Balaban J connectivity index is 2.18. The number of hydrogen-bond acceptors (Lipinski definition) is 3. The Morgan fingerprint density at radius 2 is 2.39 bits per heavy atom. The molecular weight excluding hydrogens is 233 g/mol. The van der Waals surface area contributed by atoms with Crippen molar-refractivity contribution >= 4 is 0 Å². The molecular formula is C14H20FNO2. The largest absolute Gasteiger partial charge is 0.493 e. The highest BCUT2D eigenvalue weighted by molar-refractivity contribution is 5.37. The van der Waals surface area contributed by atoms with E-state index in [-0.39, 0.29) is 24.5 Å². The average Bonchev–Trinajstić information content (AvgIpc) is 2.52. The summed E-state index contributed by atoms with van der Waals surface area (Å²) in [6.07, 6.45) is 2.56. The molecule has 1 aliphatic heterocycles. The smallest absolute Gasteiger partial charge is 0.124 e. The zero-order valence-corrected chi connectivity index (χ0v) is 10.7. The van der Waals surface area contributed by atoms with Gasteiger partial charge in [0.1, 0.15) is 11.6 Å². The van der Waals surface area contributed by atoms with E-state index in [0.717, 1.165) is 24.2 Å². The fraction of sp³-hybridized carbons (Fsp3) is 0.571. The number of rotatable bonds is 4. The van der Waals surface area contributed by atoms with Gasteiger partial charge in [0.2, 0.25) is 0 Å². The van der Waals surface area contributed by atoms with Crippen molar-refractivity contribution in [3.05, 3.63) is 29.6 Å². The average molecular weight is 253 g/mol. The molecule has 100 valence electrons. The van der Waals surface area contributed by atoms with Gasteiger partial charge in [-0.05, 0) is 44.4 Å². The normalized spacial score (nSPS) is 20.7. The van der Waals surface area contributed by atoms with Crippen LogP contribution in [0.15, 0.2) is 18.2 Å². The molecule has 2 rings (SSSR count).